The molecule has 0 fully saturated rings. The summed E-state index contributed by atoms with van der Waals surface area (Å²) in [4.78, 5) is 26.5. The molecule has 144 valence electrons. The van der Waals surface area contributed by atoms with Crippen LogP contribution in [0.2, 0.25) is 0 Å². The maximum absolute atomic E-state index is 12.8. The molecule has 0 radical (unpaired) electrons. The van der Waals surface area contributed by atoms with E-state index >= 15 is 0 Å². The minimum Gasteiger partial charge on any atom is -0.497 e. The monoisotopic (exact) mass is 370 g/mol. The second-order valence-electron chi connectivity index (χ2n) is 6.22. The number of aryl methyl sites for hydroxylation is 1. The van der Waals surface area contributed by atoms with Gasteiger partial charge < -0.3 is 19.7 Å². The highest BCUT2D eigenvalue weighted by atomic mass is 16.5. The highest BCUT2D eigenvalue weighted by molar-refractivity contribution is 5.87. The Morgan fingerprint density at radius 2 is 1.89 bits per heavy atom. The average molecular weight is 370 g/mol. The quantitative estimate of drug-likeness (QED) is 0.775. The van der Waals surface area contributed by atoms with Crippen LogP contribution in [-0.4, -0.2) is 43.5 Å². The number of para-hydroxylation sites is 1. The van der Waals surface area contributed by atoms with Gasteiger partial charge in [0.2, 0.25) is 5.91 Å². The van der Waals surface area contributed by atoms with Crippen molar-refractivity contribution in [3.63, 3.8) is 0 Å². The SMILES string of the molecule is CNC(=O)[C@@H](C)N(Cc1cccc(OC)c1)C(=O)COc1ccccc1C. The Kier molecular flexibility index (Phi) is 7.23. The third-order valence-corrected chi connectivity index (χ3v) is 4.35. The van der Waals surface area contributed by atoms with Crippen LogP contribution in [0.3, 0.4) is 0 Å². The molecule has 2 amide bonds. The number of nitrogens with zero attached hydrogens (tertiary/aromatic N) is 1. The van der Waals surface area contributed by atoms with Crippen molar-refractivity contribution in [3.05, 3.63) is 59.7 Å². The predicted molar refractivity (Wildman–Crippen MR) is 104 cm³/mol. The maximum Gasteiger partial charge on any atom is 0.261 e. The van der Waals surface area contributed by atoms with Crippen molar-refractivity contribution < 1.29 is 19.1 Å². The van der Waals surface area contributed by atoms with Crippen molar-refractivity contribution in [3.8, 4) is 11.5 Å². The fourth-order valence-electron chi connectivity index (χ4n) is 2.70. The molecule has 2 aromatic carbocycles. The first-order valence-corrected chi connectivity index (χ1v) is 8.78. The van der Waals surface area contributed by atoms with Crippen molar-refractivity contribution >= 4 is 11.8 Å². The third-order valence-electron chi connectivity index (χ3n) is 4.35. The number of methoxy groups -OCH3 is 1. The minimum absolute atomic E-state index is 0.143. The van der Waals surface area contributed by atoms with E-state index in [-0.39, 0.29) is 25.0 Å². The highest BCUT2D eigenvalue weighted by Gasteiger charge is 2.26. The van der Waals surface area contributed by atoms with Crippen LogP contribution in [0.15, 0.2) is 48.5 Å². The van der Waals surface area contributed by atoms with E-state index < -0.39 is 6.04 Å². The van der Waals surface area contributed by atoms with Crippen LogP contribution in [0.5, 0.6) is 11.5 Å². The molecule has 0 aliphatic heterocycles. The fourth-order valence-corrected chi connectivity index (χ4v) is 2.70. The Morgan fingerprint density at radius 1 is 1.15 bits per heavy atom. The first-order chi connectivity index (χ1) is 13.0. The molecule has 0 aliphatic carbocycles. The molecule has 0 spiro atoms. The van der Waals surface area contributed by atoms with Crippen LogP contribution in [0.1, 0.15) is 18.1 Å². The van der Waals surface area contributed by atoms with Crippen LogP contribution in [0.25, 0.3) is 0 Å². The van der Waals surface area contributed by atoms with E-state index in [0.717, 1.165) is 11.1 Å². The summed E-state index contributed by atoms with van der Waals surface area (Å²) in [6.07, 6.45) is 0. The van der Waals surface area contributed by atoms with E-state index in [1.54, 1.807) is 21.1 Å². The van der Waals surface area contributed by atoms with Crippen LogP contribution in [0, 0.1) is 6.92 Å². The summed E-state index contributed by atoms with van der Waals surface area (Å²) in [6.45, 7) is 3.75. The number of amides is 2. The van der Waals surface area contributed by atoms with Gasteiger partial charge in [-0.2, -0.15) is 0 Å². The molecule has 0 aromatic heterocycles. The molecule has 0 heterocycles. The number of ether oxygens (including phenoxy) is 2. The Balaban J connectivity index is 2.16. The molecule has 0 saturated carbocycles. The molecule has 0 unspecified atom stereocenters. The number of benzene rings is 2. The van der Waals surface area contributed by atoms with E-state index in [4.69, 9.17) is 9.47 Å². The highest BCUT2D eigenvalue weighted by Crippen LogP contribution is 2.18. The lowest BCUT2D eigenvalue weighted by Gasteiger charge is -2.28. The topological polar surface area (TPSA) is 67.9 Å². The zero-order valence-corrected chi connectivity index (χ0v) is 16.2. The molecule has 27 heavy (non-hydrogen) atoms. The van der Waals surface area contributed by atoms with Crippen LogP contribution >= 0.6 is 0 Å². The van der Waals surface area contributed by atoms with Gasteiger partial charge in [-0.15, -0.1) is 0 Å². The summed E-state index contributed by atoms with van der Waals surface area (Å²) < 4.78 is 10.9. The van der Waals surface area contributed by atoms with Gasteiger partial charge in [0.15, 0.2) is 6.61 Å². The molecular weight excluding hydrogens is 344 g/mol. The third kappa shape index (κ3) is 5.48. The minimum atomic E-state index is -0.630. The van der Waals surface area contributed by atoms with Crippen molar-refractivity contribution in [2.45, 2.75) is 26.4 Å². The van der Waals surface area contributed by atoms with Crippen LogP contribution < -0.4 is 14.8 Å². The van der Waals surface area contributed by atoms with E-state index in [2.05, 4.69) is 5.32 Å². The lowest BCUT2D eigenvalue weighted by Crippen LogP contribution is -2.48. The zero-order valence-electron chi connectivity index (χ0n) is 16.2. The van der Waals surface area contributed by atoms with Gasteiger partial charge in [-0.1, -0.05) is 30.3 Å². The molecule has 0 bridgehead atoms. The predicted octanol–water partition coefficient (Wildman–Crippen LogP) is 2.55. The summed E-state index contributed by atoms with van der Waals surface area (Å²) in [7, 11) is 3.14. The number of rotatable bonds is 8. The van der Waals surface area contributed by atoms with Gasteiger partial charge in [0.1, 0.15) is 17.5 Å². The molecule has 0 saturated heterocycles. The number of carbonyl (C=O) groups is 2. The van der Waals surface area contributed by atoms with Crippen LogP contribution in [-0.2, 0) is 16.1 Å². The fraction of sp³-hybridized carbons (Fsp3) is 0.333. The molecular formula is C21H26N2O4. The first-order valence-electron chi connectivity index (χ1n) is 8.78. The number of hydrogen-bond donors (Lipinski definition) is 1. The van der Waals surface area contributed by atoms with Gasteiger partial charge in [0.05, 0.1) is 7.11 Å². The molecule has 0 aliphatic rings. The first kappa shape index (κ1) is 20.3. The number of nitrogens with one attached hydrogen (secondary N) is 1. The summed E-state index contributed by atoms with van der Waals surface area (Å²) in [5.41, 5.74) is 1.82. The summed E-state index contributed by atoms with van der Waals surface area (Å²) in [5.74, 6) is 0.850. The van der Waals surface area contributed by atoms with Crippen molar-refractivity contribution in [2.24, 2.45) is 0 Å². The van der Waals surface area contributed by atoms with E-state index in [1.807, 2.05) is 55.5 Å². The lowest BCUT2D eigenvalue weighted by atomic mass is 10.1. The number of likely N-dealkylation sites (N-methyl/N-ethyl adjacent to an activating group) is 1. The zero-order chi connectivity index (χ0) is 19.8. The van der Waals surface area contributed by atoms with Gasteiger partial charge in [-0.3, -0.25) is 9.59 Å². The molecule has 2 rings (SSSR count). The van der Waals surface area contributed by atoms with E-state index in [9.17, 15) is 9.59 Å². The maximum atomic E-state index is 12.8. The van der Waals surface area contributed by atoms with Gasteiger partial charge in [0.25, 0.3) is 5.91 Å². The Morgan fingerprint density at radius 3 is 2.56 bits per heavy atom. The molecule has 2 aromatic rings. The summed E-state index contributed by atoms with van der Waals surface area (Å²) >= 11 is 0. The second-order valence-corrected chi connectivity index (χ2v) is 6.22. The van der Waals surface area contributed by atoms with Gasteiger partial charge in [-0.25, -0.2) is 0 Å². The van der Waals surface area contributed by atoms with Gasteiger partial charge in [0, 0.05) is 13.6 Å². The Labute approximate surface area is 160 Å². The summed E-state index contributed by atoms with van der Waals surface area (Å²) in [5, 5.41) is 2.59. The van der Waals surface area contributed by atoms with E-state index in [1.165, 1.54) is 4.90 Å². The lowest BCUT2D eigenvalue weighted by molar-refractivity contribution is -0.142. The summed E-state index contributed by atoms with van der Waals surface area (Å²) in [6, 6.07) is 14.3. The standard InChI is InChI=1S/C21H26N2O4/c1-15-8-5-6-11-19(15)27-14-20(24)23(16(2)21(25)22-3)13-17-9-7-10-18(12-17)26-4/h5-12,16H,13-14H2,1-4H3,(H,22,25)/t16-/m1/s1. The average Bonchev–Trinajstić information content (AvgIpc) is 2.70. The largest absolute Gasteiger partial charge is 0.497 e. The van der Waals surface area contributed by atoms with Gasteiger partial charge in [-0.05, 0) is 43.2 Å². The van der Waals surface area contributed by atoms with Crippen molar-refractivity contribution in [1.29, 1.82) is 0 Å². The number of carbonyl (C=O) groups excluding carboxylic acids is 2. The molecule has 1 atom stereocenters. The normalized spacial score (nSPS) is 11.4. The Bertz CT molecular complexity index is 791. The smallest absolute Gasteiger partial charge is 0.261 e. The molecule has 6 heteroatoms. The Hall–Kier alpha value is -3.02. The molecule has 6 nitrogen and oxygen atoms in total. The van der Waals surface area contributed by atoms with Crippen molar-refractivity contribution in [2.75, 3.05) is 20.8 Å². The van der Waals surface area contributed by atoms with Gasteiger partial charge >= 0.3 is 0 Å². The number of hydrogen-bond acceptors (Lipinski definition) is 4. The van der Waals surface area contributed by atoms with Crippen molar-refractivity contribution in [1.82, 2.24) is 10.2 Å². The van der Waals surface area contributed by atoms with Crippen LogP contribution in [0.4, 0.5) is 0 Å². The second kappa shape index (κ2) is 9.62. The molecule has 1 N–H and O–H groups in total. The van der Waals surface area contributed by atoms with E-state index in [0.29, 0.717) is 11.5 Å².